The number of alkyl halides is 3. The summed E-state index contributed by atoms with van der Waals surface area (Å²) in [4.78, 5) is 13.3. The Morgan fingerprint density at radius 3 is 2.64 bits per heavy atom. The molecule has 0 radical (unpaired) electrons. The van der Waals surface area contributed by atoms with Gasteiger partial charge in [-0.2, -0.15) is 18.3 Å². The van der Waals surface area contributed by atoms with E-state index < -0.39 is 27.8 Å². The van der Waals surface area contributed by atoms with E-state index in [2.05, 4.69) is 9.82 Å². The number of rotatable bonds is 6. The summed E-state index contributed by atoms with van der Waals surface area (Å²) in [6, 6.07) is 3.41. The van der Waals surface area contributed by atoms with Gasteiger partial charge in [-0.25, -0.2) is 13.1 Å². The van der Waals surface area contributed by atoms with Gasteiger partial charge in [-0.15, -0.1) is 0 Å². The molecule has 1 aromatic heterocycles. The number of carbonyl (C=O) groups excluding carboxylic acids is 1. The van der Waals surface area contributed by atoms with E-state index in [0.717, 1.165) is 18.3 Å². The van der Waals surface area contributed by atoms with Crippen LogP contribution < -0.4 is 4.72 Å². The van der Waals surface area contributed by atoms with Crippen molar-refractivity contribution in [3.8, 4) is 0 Å². The van der Waals surface area contributed by atoms with Crippen LogP contribution in [0.5, 0.6) is 0 Å². The Hall–Kier alpha value is -2.40. The Morgan fingerprint density at radius 1 is 1.32 bits per heavy atom. The standard InChI is InChI=1S/C17H19F3N4O3S/c1-23-10-14(9-21-23)28(26,27)22-15(11-24-7-3-6-16(24)25)12-4-2-5-13(8-12)17(18,19)20/h2,4-5,8-10,15,22H,3,6-7,11H2,1H3/t15-/m0/s1. The second-order valence-electron chi connectivity index (χ2n) is 6.59. The lowest BCUT2D eigenvalue weighted by Gasteiger charge is -2.25. The van der Waals surface area contributed by atoms with Crippen LogP contribution in [0.4, 0.5) is 13.2 Å². The normalized spacial score (nSPS) is 16.6. The second-order valence-corrected chi connectivity index (χ2v) is 8.30. The minimum Gasteiger partial charge on any atom is -0.341 e. The number of halogens is 3. The van der Waals surface area contributed by atoms with Crippen molar-refractivity contribution in [2.24, 2.45) is 7.05 Å². The van der Waals surface area contributed by atoms with Crippen molar-refractivity contribution in [3.63, 3.8) is 0 Å². The molecular formula is C17H19F3N4O3S. The Morgan fingerprint density at radius 2 is 2.07 bits per heavy atom. The zero-order chi connectivity index (χ0) is 20.5. The number of aromatic nitrogens is 2. The molecule has 28 heavy (non-hydrogen) atoms. The van der Waals surface area contributed by atoms with E-state index >= 15 is 0 Å². The van der Waals surface area contributed by atoms with Gasteiger partial charge in [-0.3, -0.25) is 9.48 Å². The summed E-state index contributed by atoms with van der Waals surface area (Å²) in [5.41, 5.74) is -0.759. The fourth-order valence-corrected chi connectivity index (χ4v) is 4.25. The highest BCUT2D eigenvalue weighted by Gasteiger charge is 2.33. The number of nitrogens with one attached hydrogen (secondary N) is 1. The molecule has 0 bridgehead atoms. The van der Waals surface area contributed by atoms with Gasteiger partial charge in [-0.1, -0.05) is 12.1 Å². The molecule has 1 aliphatic heterocycles. The molecule has 0 unspecified atom stereocenters. The predicted molar refractivity (Wildman–Crippen MR) is 93.5 cm³/mol. The number of nitrogens with zero attached hydrogens (tertiary/aromatic N) is 3. The third kappa shape index (κ3) is 4.53. The molecule has 3 rings (SSSR count). The summed E-state index contributed by atoms with van der Waals surface area (Å²) in [5.74, 6) is -0.155. The van der Waals surface area contributed by atoms with Crippen molar-refractivity contribution in [3.05, 3.63) is 47.8 Å². The molecule has 1 amide bonds. The largest absolute Gasteiger partial charge is 0.416 e. The van der Waals surface area contributed by atoms with Crippen LogP contribution in [0.15, 0.2) is 41.6 Å². The van der Waals surface area contributed by atoms with Gasteiger partial charge in [-0.05, 0) is 24.1 Å². The monoisotopic (exact) mass is 416 g/mol. The Bertz CT molecular complexity index is 972. The Balaban J connectivity index is 1.94. The van der Waals surface area contributed by atoms with E-state index in [4.69, 9.17) is 0 Å². The number of benzene rings is 1. The van der Waals surface area contributed by atoms with Gasteiger partial charge < -0.3 is 4.90 Å². The molecule has 0 aliphatic carbocycles. The van der Waals surface area contributed by atoms with Crippen molar-refractivity contribution in [1.29, 1.82) is 0 Å². The van der Waals surface area contributed by atoms with E-state index in [1.54, 1.807) is 7.05 Å². The van der Waals surface area contributed by atoms with Crippen LogP contribution in [-0.2, 0) is 28.0 Å². The van der Waals surface area contributed by atoms with Crippen LogP contribution in [0, 0.1) is 0 Å². The fraction of sp³-hybridized carbons (Fsp3) is 0.412. The fourth-order valence-electron chi connectivity index (χ4n) is 3.05. The van der Waals surface area contributed by atoms with Gasteiger partial charge in [0.25, 0.3) is 0 Å². The van der Waals surface area contributed by atoms with Gasteiger partial charge in [0.1, 0.15) is 4.90 Å². The molecule has 0 saturated carbocycles. The maximum atomic E-state index is 13.1. The van der Waals surface area contributed by atoms with Crippen molar-refractivity contribution < 1.29 is 26.4 Å². The van der Waals surface area contributed by atoms with E-state index in [9.17, 15) is 26.4 Å². The molecule has 1 aromatic carbocycles. The minimum atomic E-state index is -4.56. The predicted octanol–water partition coefficient (Wildman–Crippen LogP) is 2.08. The first kappa shape index (κ1) is 20.3. The highest BCUT2D eigenvalue weighted by atomic mass is 32.2. The van der Waals surface area contributed by atoms with Gasteiger partial charge in [0.15, 0.2) is 0 Å². The molecule has 2 heterocycles. The maximum Gasteiger partial charge on any atom is 0.416 e. The van der Waals surface area contributed by atoms with E-state index in [1.165, 1.54) is 27.9 Å². The molecule has 11 heteroatoms. The van der Waals surface area contributed by atoms with Crippen LogP contribution in [0.2, 0.25) is 0 Å². The van der Waals surface area contributed by atoms with Gasteiger partial charge in [0.2, 0.25) is 15.9 Å². The molecule has 1 N–H and O–H groups in total. The molecule has 1 fully saturated rings. The lowest BCUT2D eigenvalue weighted by atomic mass is 10.0. The quantitative estimate of drug-likeness (QED) is 0.782. The third-order valence-corrected chi connectivity index (χ3v) is 5.91. The Labute approximate surface area is 160 Å². The van der Waals surface area contributed by atoms with E-state index in [1.807, 2.05) is 0 Å². The average Bonchev–Trinajstić information content (AvgIpc) is 3.23. The van der Waals surface area contributed by atoms with Gasteiger partial charge >= 0.3 is 6.18 Å². The summed E-state index contributed by atoms with van der Waals surface area (Å²) < 4.78 is 68.3. The molecular weight excluding hydrogens is 397 g/mol. The molecule has 1 aliphatic rings. The lowest BCUT2D eigenvalue weighted by molar-refractivity contribution is -0.137. The van der Waals surface area contributed by atoms with Crippen LogP contribution >= 0.6 is 0 Å². The molecule has 152 valence electrons. The molecule has 2 aromatic rings. The van der Waals surface area contributed by atoms with Gasteiger partial charge in [0, 0.05) is 32.8 Å². The highest BCUT2D eigenvalue weighted by molar-refractivity contribution is 7.89. The number of hydrogen-bond acceptors (Lipinski definition) is 4. The number of carbonyl (C=O) groups is 1. The molecule has 1 atom stereocenters. The zero-order valence-electron chi connectivity index (χ0n) is 15.0. The second kappa shape index (κ2) is 7.55. The van der Waals surface area contributed by atoms with Crippen molar-refractivity contribution in [1.82, 2.24) is 19.4 Å². The first-order valence-corrected chi connectivity index (χ1v) is 10.0. The first-order valence-electron chi connectivity index (χ1n) is 8.52. The van der Waals surface area contributed by atoms with Crippen molar-refractivity contribution in [2.45, 2.75) is 30.0 Å². The minimum absolute atomic E-state index is 0.0559. The maximum absolute atomic E-state index is 13.1. The summed E-state index contributed by atoms with van der Waals surface area (Å²) >= 11 is 0. The SMILES string of the molecule is Cn1cc(S(=O)(=O)N[C@@H](CN2CCCC2=O)c2cccc(C(F)(F)F)c2)cn1. The summed E-state index contributed by atoms with van der Waals surface area (Å²) in [7, 11) is -2.50. The lowest BCUT2D eigenvalue weighted by Crippen LogP contribution is -2.38. The molecule has 7 nitrogen and oxygen atoms in total. The summed E-state index contributed by atoms with van der Waals surface area (Å²) in [5, 5.41) is 3.81. The smallest absolute Gasteiger partial charge is 0.341 e. The Kier molecular flexibility index (Phi) is 5.48. The molecule has 0 spiro atoms. The van der Waals surface area contributed by atoms with Crippen LogP contribution in [-0.4, -0.2) is 42.1 Å². The summed E-state index contributed by atoms with van der Waals surface area (Å²) in [6.45, 7) is 0.378. The number of hydrogen-bond donors (Lipinski definition) is 1. The third-order valence-electron chi connectivity index (χ3n) is 4.48. The van der Waals surface area contributed by atoms with Crippen molar-refractivity contribution >= 4 is 15.9 Å². The number of likely N-dealkylation sites (tertiary alicyclic amines) is 1. The van der Waals surface area contributed by atoms with Crippen LogP contribution in [0.1, 0.15) is 30.0 Å². The van der Waals surface area contributed by atoms with Crippen LogP contribution in [0.3, 0.4) is 0 Å². The first-order chi connectivity index (χ1) is 13.1. The zero-order valence-corrected chi connectivity index (χ0v) is 15.8. The number of sulfonamides is 1. The average molecular weight is 416 g/mol. The van der Waals surface area contributed by atoms with E-state index in [0.29, 0.717) is 19.4 Å². The summed E-state index contributed by atoms with van der Waals surface area (Å²) in [6.07, 6.45) is -1.17. The molecule has 1 saturated heterocycles. The van der Waals surface area contributed by atoms with Gasteiger partial charge in [0.05, 0.1) is 17.8 Å². The number of aryl methyl sites for hydroxylation is 1. The van der Waals surface area contributed by atoms with Crippen LogP contribution in [0.25, 0.3) is 0 Å². The van der Waals surface area contributed by atoms with E-state index in [-0.39, 0.29) is 22.9 Å². The topological polar surface area (TPSA) is 84.3 Å². The highest BCUT2D eigenvalue weighted by Crippen LogP contribution is 2.31. The van der Waals surface area contributed by atoms with Crippen molar-refractivity contribution in [2.75, 3.05) is 13.1 Å². The number of amides is 1.